The van der Waals surface area contributed by atoms with E-state index in [1.165, 1.54) is 16.9 Å². The molecule has 1 aliphatic rings. The largest absolute Gasteiger partial charge is 0.513 e. The van der Waals surface area contributed by atoms with E-state index in [4.69, 9.17) is 4.74 Å². The lowest BCUT2D eigenvalue weighted by molar-refractivity contribution is 0.121. The zero-order valence-corrected chi connectivity index (χ0v) is 10.7. The Morgan fingerprint density at radius 1 is 1.31 bits per heavy atom. The molecule has 0 amide bonds. The fourth-order valence-electron chi connectivity index (χ4n) is 1.48. The van der Waals surface area contributed by atoms with Crippen LogP contribution < -0.4 is 4.74 Å². The smallest absolute Gasteiger partial charge is 0.437 e. The molecular formula is C11H12O3S2. The summed E-state index contributed by atoms with van der Waals surface area (Å²) in [6, 6.07) is 3.82. The van der Waals surface area contributed by atoms with Gasteiger partial charge >= 0.3 is 6.16 Å². The second-order valence-corrected chi connectivity index (χ2v) is 5.51. The third-order valence-corrected chi connectivity index (χ3v) is 4.94. The minimum Gasteiger partial charge on any atom is -0.437 e. The van der Waals surface area contributed by atoms with E-state index >= 15 is 0 Å². The Kier molecular flexibility index (Phi) is 3.66. The number of carbonyl (C=O) groups excluding carboxylic acids is 1. The van der Waals surface area contributed by atoms with Crippen molar-refractivity contribution < 1.29 is 14.3 Å². The Labute approximate surface area is 103 Å². The van der Waals surface area contributed by atoms with Crippen molar-refractivity contribution in [3.8, 4) is 5.75 Å². The maximum absolute atomic E-state index is 11.0. The quantitative estimate of drug-likeness (QED) is 0.569. The van der Waals surface area contributed by atoms with Gasteiger partial charge in [-0.05, 0) is 19.1 Å². The molecule has 5 heteroatoms. The normalized spacial score (nSPS) is 14.1. The molecule has 0 bridgehead atoms. The fraction of sp³-hybridized carbons (Fsp3) is 0.364. The highest BCUT2D eigenvalue weighted by molar-refractivity contribution is 8.05. The molecule has 0 saturated carbocycles. The molecular weight excluding hydrogens is 244 g/mol. The summed E-state index contributed by atoms with van der Waals surface area (Å²) in [7, 11) is 1.31. The third-order valence-electron chi connectivity index (χ3n) is 2.27. The van der Waals surface area contributed by atoms with Crippen molar-refractivity contribution in [3.63, 3.8) is 0 Å². The molecule has 0 radical (unpaired) electrons. The minimum absolute atomic E-state index is 0.584. The first kappa shape index (κ1) is 11.7. The maximum Gasteiger partial charge on any atom is 0.513 e. The van der Waals surface area contributed by atoms with Gasteiger partial charge in [0.05, 0.1) is 7.11 Å². The van der Waals surface area contributed by atoms with E-state index in [9.17, 15) is 4.79 Å². The molecule has 86 valence electrons. The summed E-state index contributed by atoms with van der Waals surface area (Å²) in [5, 5.41) is 0. The van der Waals surface area contributed by atoms with Gasteiger partial charge in [-0.1, -0.05) is 0 Å². The van der Waals surface area contributed by atoms with Crippen molar-refractivity contribution in [2.45, 2.75) is 16.7 Å². The van der Waals surface area contributed by atoms with Crippen molar-refractivity contribution in [3.05, 3.63) is 17.7 Å². The molecule has 16 heavy (non-hydrogen) atoms. The van der Waals surface area contributed by atoms with Crippen LogP contribution in [0.3, 0.4) is 0 Å². The Balaban J connectivity index is 2.30. The van der Waals surface area contributed by atoms with Crippen LogP contribution in [0.2, 0.25) is 0 Å². The summed E-state index contributed by atoms with van der Waals surface area (Å²) in [6.45, 7) is 1.97. The maximum atomic E-state index is 11.0. The Morgan fingerprint density at radius 3 is 2.81 bits per heavy atom. The number of rotatable bonds is 1. The minimum atomic E-state index is -0.670. The van der Waals surface area contributed by atoms with Crippen LogP contribution in [-0.4, -0.2) is 24.8 Å². The molecule has 1 aliphatic heterocycles. The molecule has 1 aromatic carbocycles. The average Bonchev–Trinajstić information content (AvgIpc) is 2.33. The molecule has 0 N–H and O–H groups in total. The molecule has 2 rings (SSSR count). The predicted octanol–water partition coefficient (Wildman–Crippen LogP) is 3.34. The monoisotopic (exact) mass is 256 g/mol. The topological polar surface area (TPSA) is 35.5 Å². The number of fused-ring (bicyclic) bond motifs is 1. The zero-order valence-electron chi connectivity index (χ0n) is 9.11. The Bertz CT molecular complexity index is 418. The van der Waals surface area contributed by atoms with Crippen LogP contribution in [0, 0.1) is 6.92 Å². The lowest BCUT2D eigenvalue weighted by Gasteiger charge is -2.18. The molecule has 1 heterocycles. The van der Waals surface area contributed by atoms with Gasteiger partial charge in [-0.25, -0.2) is 4.79 Å². The summed E-state index contributed by atoms with van der Waals surface area (Å²) in [6.07, 6.45) is -0.670. The van der Waals surface area contributed by atoms with Crippen molar-refractivity contribution in [1.29, 1.82) is 0 Å². The Hall–Kier alpha value is -0.810. The summed E-state index contributed by atoms with van der Waals surface area (Å²) < 4.78 is 9.56. The van der Waals surface area contributed by atoms with Gasteiger partial charge in [0.15, 0.2) is 0 Å². The molecule has 0 spiro atoms. The van der Waals surface area contributed by atoms with Gasteiger partial charge in [0.25, 0.3) is 0 Å². The number of hydrogen-bond donors (Lipinski definition) is 0. The first-order valence-electron chi connectivity index (χ1n) is 4.87. The van der Waals surface area contributed by atoms with Crippen LogP contribution in [0.15, 0.2) is 21.9 Å². The molecule has 3 nitrogen and oxygen atoms in total. The van der Waals surface area contributed by atoms with Gasteiger partial charge in [0.1, 0.15) is 5.75 Å². The standard InChI is InChI=1S/C11H12O3S2/c1-7-8(14-11(12)13-2)3-4-9-10(7)16-6-5-15-9/h3-4H,5-6H2,1-2H3. The van der Waals surface area contributed by atoms with Gasteiger partial charge in [-0.15, -0.1) is 23.5 Å². The van der Waals surface area contributed by atoms with Gasteiger partial charge in [0, 0.05) is 26.9 Å². The number of thioether (sulfide) groups is 2. The van der Waals surface area contributed by atoms with Crippen LogP contribution in [-0.2, 0) is 4.74 Å². The van der Waals surface area contributed by atoms with Gasteiger partial charge in [0.2, 0.25) is 0 Å². The van der Waals surface area contributed by atoms with E-state index in [0.29, 0.717) is 5.75 Å². The van der Waals surface area contributed by atoms with Crippen molar-refractivity contribution >= 4 is 29.7 Å². The molecule has 0 fully saturated rings. The van der Waals surface area contributed by atoms with E-state index in [-0.39, 0.29) is 0 Å². The van der Waals surface area contributed by atoms with E-state index in [1.807, 2.05) is 42.6 Å². The van der Waals surface area contributed by atoms with Crippen LogP contribution in [0.4, 0.5) is 4.79 Å². The van der Waals surface area contributed by atoms with Crippen LogP contribution in [0.25, 0.3) is 0 Å². The average molecular weight is 256 g/mol. The number of ether oxygens (including phenoxy) is 2. The second-order valence-electron chi connectivity index (χ2n) is 3.27. The molecule has 0 unspecified atom stereocenters. The lowest BCUT2D eigenvalue weighted by atomic mass is 10.2. The SMILES string of the molecule is COC(=O)Oc1ccc2c(c1C)SCCS2. The van der Waals surface area contributed by atoms with Gasteiger partial charge in [-0.2, -0.15) is 0 Å². The van der Waals surface area contributed by atoms with Crippen LogP contribution in [0.1, 0.15) is 5.56 Å². The van der Waals surface area contributed by atoms with Crippen molar-refractivity contribution in [2.24, 2.45) is 0 Å². The van der Waals surface area contributed by atoms with E-state index in [0.717, 1.165) is 17.1 Å². The number of methoxy groups -OCH3 is 1. The second kappa shape index (κ2) is 5.01. The zero-order chi connectivity index (χ0) is 11.5. The number of benzene rings is 1. The van der Waals surface area contributed by atoms with Gasteiger partial charge < -0.3 is 9.47 Å². The van der Waals surface area contributed by atoms with Crippen LogP contribution in [0.5, 0.6) is 5.75 Å². The number of hydrogen-bond acceptors (Lipinski definition) is 5. The summed E-state index contributed by atoms with van der Waals surface area (Å²) in [5.74, 6) is 2.81. The molecule has 1 aromatic rings. The molecule has 0 atom stereocenters. The third kappa shape index (κ3) is 2.30. The van der Waals surface area contributed by atoms with Crippen LogP contribution >= 0.6 is 23.5 Å². The highest BCUT2D eigenvalue weighted by Gasteiger charge is 2.17. The van der Waals surface area contributed by atoms with E-state index < -0.39 is 6.16 Å². The first-order valence-corrected chi connectivity index (χ1v) is 6.84. The number of carbonyl (C=O) groups is 1. The van der Waals surface area contributed by atoms with Crippen molar-refractivity contribution in [1.82, 2.24) is 0 Å². The molecule has 0 aliphatic carbocycles. The first-order chi connectivity index (χ1) is 7.72. The highest BCUT2D eigenvalue weighted by Crippen LogP contribution is 2.41. The lowest BCUT2D eigenvalue weighted by Crippen LogP contribution is -2.09. The molecule has 0 saturated heterocycles. The fourth-order valence-corrected chi connectivity index (χ4v) is 3.90. The van der Waals surface area contributed by atoms with Crippen molar-refractivity contribution in [2.75, 3.05) is 18.6 Å². The summed E-state index contributed by atoms with van der Waals surface area (Å²) >= 11 is 3.65. The summed E-state index contributed by atoms with van der Waals surface area (Å²) in [5.41, 5.74) is 1.01. The van der Waals surface area contributed by atoms with E-state index in [1.54, 1.807) is 0 Å². The molecule has 0 aromatic heterocycles. The predicted molar refractivity (Wildman–Crippen MR) is 65.7 cm³/mol. The highest BCUT2D eigenvalue weighted by atomic mass is 32.2. The summed E-state index contributed by atoms with van der Waals surface area (Å²) in [4.78, 5) is 13.5. The Morgan fingerprint density at radius 2 is 2.06 bits per heavy atom. The van der Waals surface area contributed by atoms with E-state index in [2.05, 4.69) is 4.74 Å². The van der Waals surface area contributed by atoms with Gasteiger partial charge in [-0.3, -0.25) is 0 Å².